The molecule has 0 unspecified atom stereocenters. The summed E-state index contributed by atoms with van der Waals surface area (Å²) < 4.78 is 6.60. The van der Waals surface area contributed by atoms with Crippen LogP contribution in [-0.2, 0) is 16.0 Å². The fourth-order valence-corrected chi connectivity index (χ4v) is 4.03. The molecule has 1 N–H and O–H groups in total. The van der Waals surface area contributed by atoms with Crippen molar-refractivity contribution < 1.29 is 14.3 Å². The van der Waals surface area contributed by atoms with E-state index in [2.05, 4.69) is 35.9 Å². The molecule has 0 saturated heterocycles. The van der Waals surface area contributed by atoms with Crippen LogP contribution in [0.3, 0.4) is 0 Å². The van der Waals surface area contributed by atoms with Crippen molar-refractivity contribution in [3.05, 3.63) is 40.0 Å². The summed E-state index contributed by atoms with van der Waals surface area (Å²) >= 11 is 1.20. The number of anilines is 1. The first kappa shape index (κ1) is 20.0. The van der Waals surface area contributed by atoms with E-state index in [1.54, 1.807) is 12.1 Å². The summed E-state index contributed by atoms with van der Waals surface area (Å²) in [5.41, 5.74) is 4.00. The number of pyridine rings is 1. The molecule has 28 heavy (non-hydrogen) atoms. The van der Waals surface area contributed by atoms with Crippen molar-refractivity contribution in [3.8, 4) is 0 Å². The minimum atomic E-state index is -0.405. The number of rotatable bonds is 6. The van der Waals surface area contributed by atoms with Crippen LogP contribution in [0.15, 0.2) is 18.3 Å². The molecule has 0 spiro atoms. The molecule has 3 heterocycles. The van der Waals surface area contributed by atoms with Crippen LogP contribution in [0.2, 0.25) is 0 Å². The Hall–Kier alpha value is -2.74. The highest BCUT2D eigenvalue weighted by Crippen LogP contribution is 2.26. The molecule has 7 nitrogen and oxygen atoms in total. The molecular weight excluding hydrogens is 376 g/mol. The van der Waals surface area contributed by atoms with Gasteiger partial charge in [-0.2, -0.15) is 5.10 Å². The first-order valence-corrected chi connectivity index (χ1v) is 9.94. The van der Waals surface area contributed by atoms with Crippen LogP contribution in [0.5, 0.6) is 0 Å². The predicted octanol–water partition coefficient (Wildman–Crippen LogP) is 4.05. The molecule has 0 aromatic carbocycles. The van der Waals surface area contributed by atoms with Crippen LogP contribution in [0.4, 0.5) is 5.00 Å². The summed E-state index contributed by atoms with van der Waals surface area (Å²) in [6.07, 6.45) is 2.77. The number of amides is 1. The van der Waals surface area contributed by atoms with Crippen molar-refractivity contribution in [2.45, 2.75) is 46.6 Å². The number of esters is 1. The molecule has 0 fully saturated rings. The second-order valence-corrected chi connectivity index (χ2v) is 8.01. The van der Waals surface area contributed by atoms with Gasteiger partial charge in [0, 0.05) is 23.5 Å². The number of aromatic nitrogens is 3. The Labute approximate surface area is 167 Å². The number of aryl methyl sites for hydroxylation is 2. The second-order valence-electron chi connectivity index (χ2n) is 6.92. The van der Waals surface area contributed by atoms with Gasteiger partial charge < -0.3 is 10.1 Å². The van der Waals surface area contributed by atoms with Crippen LogP contribution < -0.4 is 5.32 Å². The van der Waals surface area contributed by atoms with Crippen molar-refractivity contribution in [1.29, 1.82) is 0 Å². The number of nitrogens with zero attached hydrogens (tertiary/aromatic N) is 3. The largest absolute Gasteiger partial charge is 0.465 e. The molecule has 1 amide bonds. The first-order valence-electron chi connectivity index (χ1n) is 9.13. The van der Waals surface area contributed by atoms with E-state index in [4.69, 9.17) is 4.98 Å². The van der Waals surface area contributed by atoms with Crippen molar-refractivity contribution in [3.63, 3.8) is 0 Å². The Bertz CT molecular complexity index is 1040. The monoisotopic (exact) mass is 400 g/mol. The number of ether oxygens (including phenoxy) is 1. The Morgan fingerprint density at radius 2 is 2.04 bits per heavy atom. The number of thiophene rings is 1. The molecule has 3 aromatic heterocycles. The van der Waals surface area contributed by atoms with Gasteiger partial charge in [0.25, 0.3) is 0 Å². The van der Waals surface area contributed by atoms with Crippen LogP contribution in [0.1, 0.15) is 52.8 Å². The average molecular weight is 401 g/mol. The van der Waals surface area contributed by atoms with Crippen LogP contribution in [0.25, 0.3) is 11.0 Å². The number of hydrogen-bond donors (Lipinski definition) is 1. The minimum absolute atomic E-state index is 0.102. The van der Waals surface area contributed by atoms with E-state index in [0.717, 1.165) is 27.9 Å². The molecule has 0 radical (unpaired) electrons. The zero-order valence-electron chi connectivity index (χ0n) is 16.7. The fraction of sp³-hybridized carbons (Fsp3) is 0.400. The summed E-state index contributed by atoms with van der Waals surface area (Å²) in [5, 5.41) is 8.95. The summed E-state index contributed by atoms with van der Waals surface area (Å²) in [4.78, 5) is 29.1. The molecule has 3 aromatic rings. The summed E-state index contributed by atoms with van der Waals surface area (Å²) in [6, 6.07) is 3.59. The van der Waals surface area contributed by atoms with Gasteiger partial charge in [-0.15, -0.1) is 11.3 Å². The van der Waals surface area contributed by atoms with E-state index in [9.17, 15) is 9.59 Å². The molecule has 148 valence electrons. The van der Waals surface area contributed by atoms with E-state index >= 15 is 0 Å². The number of fused-ring (bicyclic) bond motifs is 1. The van der Waals surface area contributed by atoms with Gasteiger partial charge in [0.1, 0.15) is 4.88 Å². The van der Waals surface area contributed by atoms with Gasteiger partial charge in [-0.3, -0.25) is 4.79 Å². The van der Waals surface area contributed by atoms with E-state index < -0.39 is 5.97 Å². The van der Waals surface area contributed by atoms with Gasteiger partial charge >= 0.3 is 5.97 Å². The maximum atomic E-state index is 12.4. The lowest BCUT2D eigenvalue weighted by molar-refractivity contribution is -0.116. The third-order valence-corrected chi connectivity index (χ3v) is 5.66. The van der Waals surface area contributed by atoms with Crippen LogP contribution in [-0.4, -0.2) is 33.8 Å². The number of carbonyl (C=O) groups excluding carboxylic acids is 2. The van der Waals surface area contributed by atoms with Crippen LogP contribution >= 0.6 is 11.3 Å². The van der Waals surface area contributed by atoms with Crippen molar-refractivity contribution in [1.82, 2.24) is 14.8 Å². The van der Waals surface area contributed by atoms with Crippen molar-refractivity contribution in [2.24, 2.45) is 0 Å². The second kappa shape index (κ2) is 8.10. The molecule has 8 heteroatoms. The molecular formula is C20H24N4O3S. The van der Waals surface area contributed by atoms with E-state index in [-0.39, 0.29) is 11.9 Å². The lowest BCUT2D eigenvalue weighted by Crippen LogP contribution is -2.12. The highest BCUT2D eigenvalue weighted by Gasteiger charge is 2.16. The van der Waals surface area contributed by atoms with Gasteiger partial charge in [-0.25, -0.2) is 14.5 Å². The van der Waals surface area contributed by atoms with Gasteiger partial charge in [0.2, 0.25) is 5.91 Å². The van der Waals surface area contributed by atoms with Gasteiger partial charge in [-0.1, -0.05) is 0 Å². The van der Waals surface area contributed by atoms with Crippen molar-refractivity contribution >= 4 is 39.2 Å². The number of hydrogen-bond acceptors (Lipinski definition) is 6. The summed E-state index contributed by atoms with van der Waals surface area (Å²) in [5.74, 6) is -0.506. The van der Waals surface area contributed by atoms with E-state index in [1.165, 1.54) is 18.4 Å². The third-order valence-electron chi connectivity index (χ3n) is 4.68. The van der Waals surface area contributed by atoms with Crippen molar-refractivity contribution in [2.75, 3.05) is 12.4 Å². The topological polar surface area (TPSA) is 86.1 Å². The Balaban J connectivity index is 1.72. The Morgan fingerprint density at radius 1 is 1.29 bits per heavy atom. The SMILES string of the molecule is COC(=O)c1ccc(NC(=O)CCc2c(C)nc3c(cnn3C(C)C)c2C)s1. The minimum Gasteiger partial charge on any atom is -0.465 e. The molecule has 0 bridgehead atoms. The lowest BCUT2D eigenvalue weighted by atomic mass is 10.0. The maximum absolute atomic E-state index is 12.4. The van der Waals surface area contributed by atoms with E-state index in [1.807, 2.05) is 17.8 Å². The highest BCUT2D eigenvalue weighted by atomic mass is 32.1. The average Bonchev–Trinajstić information content (AvgIpc) is 3.28. The van der Waals surface area contributed by atoms with Gasteiger partial charge in [-0.05, 0) is 57.4 Å². The quantitative estimate of drug-likeness (QED) is 0.631. The number of carbonyl (C=O) groups is 2. The van der Waals surface area contributed by atoms with E-state index in [0.29, 0.717) is 22.7 Å². The molecule has 0 atom stereocenters. The fourth-order valence-electron chi connectivity index (χ4n) is 3.19. The maximum Gasteiger partial charge on any atom is 0.348 e. The zero-order valence-corrected chi connectivity index (χ0v) is 17.5. The van der Waals surface area contributed by atoms with Gasteiger partial charge in [0.05, 0.1) is 18.3 Å². The smallest absolute Gasteiger partial charge is 0.348 e. The predicted molar refractivity (Wildman–Crippen MR) is 110 cm³/mol. The summed E-state index contributed by atoms with van der Waals surface area (Å²) in [7, 11) is 1.33. The van der Waals surface area contributed by atoms with Gasteiger partial charge in [0.15, 0.2) is 5.65 Å². The zero-order chi connectivity index (χ0) is 20.4. The number of nitrogens with one attached hydrogen (secondary N) is 1. The lowest BCUT2D eigenvalue weighted by Gasteiger charge is -2.12. The summed E-state index contributed by atoms with van der Waals surface area (Å²) in [6.45, 7) is 8.18. The molecule has 0 aliphatic rings. The molecule has 3 rings (SSSR count). The highest BCUT2D eigenvalue weighted by molar-refractivity contribution is 7.18. The third kappa shape index (κ3) is 3.91. The first-order chi connectivity index (χ1) is 13.3. The normalized spacial score (nSPS) is 11.2. The molecule has 0 aliphatic carbocycles. The van der Waals surface area contributed by atoms with Crippen LogP contribution in [0, 0.1) is 13.8 Å². The number of methoxy groups -OCH3 is 1. The Kier molecular flexibility index (Phi) is 5.79. The molecule has 0 saturated carbocycles. The Morgan fingerprint density at radius 3 is 2.71 bits per heavy atom. The standard InChI is InChI=1S/C20H24N4O3S/c1-11(2)24-19-15(10-21-24)12(3)14(13(4)22-19)6-8-17(25)23-18-9-7-16(28-18)20(26)27-5/h7,9-11H,6,8H2,1-5H3,(H,23,25). The molecule has 0 aliphatic heterocycles.